The van der Waals surface area contributed by atoms with Crippen LogP contribution in [0.15, 0.2) is 0 Å². The zero-order valence-corrected chi connectivity index (χ0v) is 10.2. The van der Waals surface area contributed by atoms with E-state index in [0.29, 0.717) is 0 Å². The molecule has 0 saturated carbocycles. The Balaban J connectivity index is 4.80. The van der Waals surface area contributed by atoms with Crippen LogP contribution < -0.4 is 0 Å². The number of carbonyl (C=O) groups is 2. The van der Waals surface area contributed by atoms with Gasteiger partial charge in [0.05, 0.1) is 6.42 Å². The molecule has 0 aromatic rings. The fraction of sp³-hybridized carbons (Fsp3) is 0.818. The smallest absolute Gasteiger partial charge is 0.299 e. The van der Waals surface area contributed by atoms with Crippen molar-refractivity contribution in [2.24, 2.45) is 10.8 Å². The van der Waals surface area contributed by atoms with Crippen molar-refractivity contribution in [3.8, 4) is 0 Å². The van der Waals surface area contributed by atoms with Crippen LogP contribution >= 0.6 is 0 Å². The molecule has 0 rings (SSSR count). The minimum atomic E-state index is -4.62. The van der Waals surface area contributed by atoms with Gasteiger partial charge in [-0.1, -0.05) is 20.8 Å². The van der Waals surface area contributed by atoms with E-state index in [9.17, 15) is 22.8 Å². The summed E-state index contributed by atoms with van der Waals surface area (Å²) in [6.45, 7) is 6.31. The van der Waals surface area contributed by atoms with E-state index in [-0.39, 0.29) is 0 Å². The largest absolute Gasteiger partial charge is 0.400 e. The molecule has 0 radical (unpaired) electrons. The van der Waals surface area contributed by atoms with E-state index >= 15 is 0 Å². The lowest BCUT2D eigenvalue weighted by Crippen LogP contribution is -2.41. The molecule has 5 heteroatoms. The van der Waals surface area contributed by atoms with Crippen molar-refractivity contribution in [3.05, 3.63) is 0 Å². The minimum Gasteiger partial charge on any atom is -0.299 e. The molecular weight excluding hydrogens is 221 g/mol. The SMILES string of the molecule is CC(C)(C)C(=O)CC(=O)C(C)(C)C(F)(F)F. The Labute approximate surface area is 93.2 Å². The van der Waals surface area contributed by atoms with Crippen molar-refractivity contribution in [1.82, 2.24) is 0 Å². The summed E-state index contributed by atoms with van der Waals surface area (Å²) in [6.07, 6.45) is -5.29. The highest BCUT2D eigenvalue weighted by Gasteiger charge is 2.52. The van der Waals surface area contributed by atoms with Gasteiger partial charge in [-0.3, -0.25) is 9.59 Å². The summed E-state index contributed by atoms with van der Waals surface area (Å²) < 4.78 is 37.5. The van der Waals surface area contributed by atoms with E-state index in [0.717, 1.165) is 13.8 Å². The summed E-state index contributed by atoms with van der Waals surface area (Å²) in [5.74, 6) is -1.56. The molecule has 16 heavy (non-hydrogen) atoms. The highest BCUT2D eigenvalue weighted by Crippen LogP contribution is 2.39. The van der Waals surface area contributed by atoms with E-state index in [1.54, 1.807) is 20.8 Å². The first-order valence-electron chi connectivity index (χ1n) is 4.93. The van der Waals surface area contributed by atoms with Crippen LogP contribution in [0, 0.1) is 10.8 Å². The number of ketones is 2. The number of halogens is 3. The molecule has 0 saturated heterocycles. The lowest BCUT2D eigenvalue weighted by Gasteiger charge is -2.27. The molecule has 0 unspecified atom stereocenters. The third kappa shape index (κ3) is 3.32. The van der Waals surface area contributed by atoms with Crippen molar-refractivity contribution in [2.45, 2.75) is 47.2 Å². The summed E-state index contributed by atoms with van der Waals surface area (Å²) in [4.78, 5) is 22.9. The first kappa shape index (κ1) is 15.1. The first-order chi connectivity index (χ1) is 6.80. The quantitative estimate of drug-likeness (QED) is 0.708. The summed E-state index contributed by atoms with van der Waals surface area (Å²) in [7, 11) is 0. The molecule has 0 amide bonds. The van der Waals surface area contributed by atoms with Gasteiger partial charge in [0, 0.05) is 5.41 Å². The number of rotatable bonds is 3. The molecule has 0 aromatic carbocycles. The standard InChI is InChI=1S/C11H17F3O2/c1-9(2,3)7(15)6-8(16)10(4,5)11(12,13)14/h6H2,1-5H3. The molecule has 0 N–H and O–H groups in total. The molecule has 2 nitrogen and oxygen atoms in total. The Morgan fingerprint density at radius 3 is 1.50 bits per heavy atom. The maximum absolute atomic E-state index is 12.5. The van der Waals surface area contributed by atoms with Crippen LogP contribution in [0.3, 0.4) is 0 Å². The molecule has 0 fully saturated rings. The second-order valence-electron chi connectivity index (χ2n) is 5.40. The molecule has 94 valence electrons. The van der Waals surface area contributed by atoms with Crippen LogP contribution in [0.5, 0.6) is 0 Å². The normalized spacial score (nSPS) is 13.8. The average molecular weight is 238 g/mol. The van der Waals surface area contributed by atoms with Crippen LogP contribution in [-0.4, -0.2) is 17.7 Å². The van der Waals surface area contributed by atoms with Crippen molar-refractivity contribution >= 4 is 11.6 Å². The second kappa shape index (κ2) is 4.18. The number of hydrogen-bond acceptors (Lipinski definition) is 2. The van der Waals surface area contributed by atoms with Crippen LogP contribution in [-0.2, 0) is 9.59 Å². The summed E-state index contributed by atoms with van der Waals surface area (Å²) in [6, 6.07) is 0. The Morgan fingerprint density at radius 1 is 0.875 bits per heavy atom. The van der Waals surface area contributed by atoms with E-state index in [1.165, 1.54) is 0 Å². The van der Waals surface area contributed by atoms with Gasteiger partial charge in [-0.25, -0.2) is 0 Å². The van der Waals surface area contributed by atoms with Gasteiger partial charge in [-0.05, 0) is 13.8 Å². The van der Waals surface area contributed by atoms with E-state index < -0.39 is 35.0 Å². The molecule has 0 heterocycles. The van der Waals surface area contributed by atoms with Crippen LogP contribution in [0.2, 0.25) is 0 Å². The van der Waals surface area contributed by atoms with Gasteiger partial charge in [-0.15, -0.1) is 0 Å². The van der Waals surface area contributed by atoms with Crippen LogP contribution in [0.4, 0.5) is 13.2 Å². The Kier molecular flexibility index (Phi) is 3.96. The molecular formula is C11H17F3O2. The summed E-state index contributed by atoms with van der Waals surface area (Å²) in [5.41, 5.74) is -3.26. The fourth-order valence-corrected chi connectivity index (χ4v) is 0.790. The average Bonchev–Trinajstić information content (AvgIpc) is 1.99. The Morgan fingerprint density at radius 2 is 1.25 bits per heavy atom. The predicted molar refractivity (Wildman–Crippen MR) is 53.9 cm³/mol. The van der Waals surface area contributed by atoms with E-state index in [4.69, 9.17) is 0 Å². The highest BCUT2D eigenvalue weighted by molar-refractivity contribution is 6.03. The topological polar surface area (TPSA) is 34.1 Å². The third-order valence-electron chi connectivity index (χ3n) is 2.56. The van der Waals surface area contributed by atoms with Gasteiger partial charge >= 0.3 is 6.18 Å². The molecule has 0 aliphatic rings. The fourth-order valence-electron chi connectivity index (χ4n) is 0.790. The van der Waals surface area contributed by atoms with Crippen molar-refractivity contribution in [2.75, 3.05) is 0 Å². The van der Waals surface area contributed by atoms with Gasteiger partial charge in [0.15, 0.2) is 5.78 Å². The Bertz CT molecular complexity index is 295. The van der Waals surface area contributed by atoms with Crippen LogP contribution in [0.1, 0.15) is 41.0 Å². The first-order valence-corrected chi connectivity index (χ1v) is 4.93. The lowest BCUT2D eigenvalue weighted by atomic mass is 9.80. The summed E-state index contributed by atoms with van der Waals surface area (Å²) >= 11 is 0. The monoisotopic (exact) mass is 238 g/mol. The lowest BCUT2D eigenvalue weighted by molar-refractivity contribution is -0.210. The number of Topliss-reactive ketones (excluding diaryl/α,β-unsaturated/α-hetero) is 2. The van der Waals surface area contributed by atoms with Crippen molar-refractivity contribution in [3.63, 3.8) is 0 Å². The van der Waals surface area contributed by atoms with Gasteiger partial charge in [0.2, 0.25) is 0 Å². The third-order valence-corrected chi connectivity index (χ3v) is 2.56. The number of hydrogen-bond donors (Lipinski definition) is 0. The maximum atomic E-state index is 12.5. The minimum absolute atomic E-state index is 0.477. The zero-order chi connectivity index (χ0) is 13.4. The highest BCUT2D eigenvalue weighted by atomic mass is 19.4. The van der Waals surface area contributed by atoms with Crippen molar-refractivity contribution < 1.29 is 22.8 Å². The molecule has 0 aromatic heterocycles. The van der Waals surface area contributed by atoms with Gasteiger partial charge in [0.25, 0.3) is 0 Å². The predicted octanol–water partition coefficient (Wildman–Crippen LogP) is 3.15. The molecule has 0 spiro atoms. The molecule has 0 aliphatic carbocycles. The van der Waals surface area contributed by atoms with Gasteiger partial charge in [0.1, 0.15) is 11.2 Å². The van der Waals surface area contributed by atoms with Gasteiger partial charge < -0.3 is 0 Å². The van der Waals surface area contributed by atoms with Gasteiger partial charge in [-0.2, -0.15) is 13.2 Å². The van der Waals surface area contributed by atoms with Crippen LogP contribution in [0.25, 0.3) is 0 Å². The molecule has 0 bridgehead atoms. The zero-order valence-electron chi connectivity index (χ0n) is 10.2. The summed E-state index contributed by atoms with van der Waals surface area (Å²) in [5, 5.41) is 0. The maximum Gasteiger partial charge on any atom is 0.400 e. The van der Waals surface area contributed by atoms with Crippen molar-refractivity contribution in [1.29, 1.82) is 0 Å². The molecule has 0 atom stereocenters. The second-order valence-corrected chi connectivity index (χ2v) is 5.40. The number of carbonyl (C=O) groups excluding carboxylic acids is 2. The van der Waals surface area contributed by atoms with E-state index in [1.807, 2.05) is 0 Å². The Hall–Kier alpha value is -0.870. The number of alkyl halides is 3. The molecule has 0 aliphatic heterocycles. The van der Waals surface area contributed by atoms with E-state index in [2.05, 4.69) is 0 Å².